The Balaban J connectivity index is 0.00000625. The number of rotatable bonds is 5. The number of methoxy groups -OCH3 is 1. The van der Waals surface area contributed by atoms with Crippen LogP contribution in [0.25, 0.3) is 0 Å². The molecule has 1 rings (SSSR count). The Morgan fingerprint density at radius 1 is 1.23 bits per heavy atom. The number of nitrogens with zero attached hydrogens (tertiary/aromatic N) is 2. The molecule has 1 aliphatic heterocycles. The monoisotopic (exact) mass is 484 g/mol. The summed E-state index contributed by atoms with van der Waals surface area (Å²) in [5.41, 5.74) is -0.517. The van der Waals surface area contributed by atoms with Gasteiger partial charge < -0.3 is 25.0 Å². The normalized spacial score (nSPS) is 20.2. The molecule has 0 radical (unpaired) electrons. The van der Waals surface area contributed by atoms with Crippen LogP contribution in [0, 0.1) is 11.8 Å². The van der Waals surface area contributed by atoms with Gasteiger partial charge in [-0.25, -0.2) is 4.79 Å². The van der Waals surface area contributed by atoms with Crippen LogP contribution >= 0.6 is 24.0 Å². The summed E-state index contributed by atoms with van der Waals surface area (Å²) in [5, 5.41) is 5.91. The van der Waals surface area contributed by atoms with Crippen LogP contribution in [0.5, 0.6) is 0 Å². The number of hydrogen-bond donors (Lipinski definition) is 2. The molecule has 1 amide bonds. The van der Waals surface area contributed by atoms with Crippen LogP contribution in [0.4, 0.5) is 4.79 Å². The topological polar surface area (TPSA) is 92.3 Å². The van der Waals surface area contributed by atoms with Crippen LogP contribution in [0.2, 0.25) is 0 Å². The quantitative estimate of drug-likeness (QED) is 0.204. The fourth-order valence-electron chi connectivity index (χ4n) is 2.66. The molecular formula is C17H33IN4O4. The number of aliphatic imine (C=N–C) groups is 1. The average Bonchev–Trinajstić information content (AvgIpc) is 2.89. The summed E-state index contributed by atoms with van der Waals surface area (Å²) in [6.07, 6.45) is -0.451. The maximum absolute atomic E-state index is 11.8. The Bertz CT molecular complexity index is 494. The van der Waals surface area contributed by atoms with Crippen LogP contribution in [0.15, 0.2) is 4.99 Å². The zero-order valence-corrected chi connectivity index (χ0v) is 19.0. The van der Waals surface area contributed by atoms with Crippen LogP contribution in [0.3, 0.4) is 0 Å². The van der Waals surface area contributed by atoms with E-state index in [0.717, 1.165) is 19.0 Å². The van der Waals surface area contributed by atoms with Crippen LogP contribution in [-0.2, 0) is 14.3 Å². The molecule has 26 heavy (non-hydrogen) atoms. The highest BCUT2D eigenvalue weighted by Crippen LogP contribution is 2.24. The first-order chi connectivity index (χ1) is 11.7. The van der Waals surface area contributed by atoms with Crippen LogP contribution in [0.1, 0.15) is 34.6 Å². The van der Waals surface area contributed by atoms with E-state index in [1.165, 1.54) is 7.11 Å². The van der Waals surface area contributed by atoms with Gasteiger partial charge in [0.2, 0.25) is 0 Å². The Morgan fingerprint density at radius 2 is 1.88 bits per heavy atom. The summed E-state index contributed by atoms with van der Waals surface area (Å²) in [6.45, 7) is 12.3. The van der Waals surface area contributed by atoms with Gasteiger partial charge >= 0.3 is 12.1 Å². The molecule has 2 atom stereocenters. The molecule has 0 spiro atoms. The summed E-state index contributed by atoms with van der Waals surface area (Å²) in [5.74, 6) is 0.620. The van der Waals surface area contributed by atoms with Gasteiger partial charge in [-0.05, 0) is 33.6 Å². The molecule has 8 nitrogen and oxygen atoms in total. The summed E-state index contributed by atoms with van der Waals surface area (Å²) >= 11 is 0. The standard InChI is InChI=1S/C17H32N4O4.HI/c1-7-18-15(19-8-9-20-16(23)25-17(3,4)5)21-10-12(2)13(11-21)14(22)24-6;/h12-13H,7-11H2,1-6H3,(H,18,19)(H,20,23);1H. The van der Waals surface area contributed by atoms with Gasteiger partial charge in [0.25, 0.3) is 0 Å². The number of likely N-dealkylation sites (tertiary alicyclic amines) is 1. The number of hydrogen-bond acceptors (Lipinski definition) is 5. The fourth-order valence-corrected chi connectivity index (χ4v) is 2.66. The first kappa shape index (κ1) is 24.7. The van der Waals surface area contributed by atoms with E-state index >= 15 is 0 Å². The zero-order chi connectivity index (χ0) is 19.0. The van der Waals surface area contributed by atoms with E-state index < -0.39 is 11.7 Å². The highest BCUT2D eigenvalue weighted by atomic mass is 127. The molecule has 0 bridgehead atoms. The van der Waals surface area contributed by atoms with Gasteiger partial charge in [-0.3, -0.25) is 9.79 Å². The van der Waals surface area contributed by atoms with Crippen molar-refractivity contribution in [3.05, 3.63) is 0 Å². The number of carbonyl (C=O) groups is 2. The van der Waals surface area contributed by atoms with E-state index in [1.807, 2.05) is 34.6 Å². The molecule has 2 N–H and O–H groups in total. The van der Waals surface area contributed by atoms with Gasteiger partial charge in [-0.2, -0.15) is 0 Å². The Kier molecular flexibility index (Phi) is 10.9. The number of amides is 1. The molecule has 152 valence electrons. The van der Waals surface area contributed by atoms with E-state index in [1.54, 1.807) is 0 Å². The van der Waals surface area contributed by atoms with Crippen molar-refractivity contribution in [2.45, 2.75) is 40.2 Å². The first-order valence-electron chi connectivity index (χ1n) is 8.75. The Hall–Kier alpha value is -1.26. The van der Waals surface area contributed by atoms with Crippen LogP contribution < -0.4 is 10.6 Å². The molecule has 0 saturated carbocycles. The number of alkyl carbamates (subject to hydrolysis) is 1. The minimum absolute atomic E-state index is 0. The van der Waals surface area contributed by atoms with Gasteiger partial charge in [0, 0.05) is 26.2 Å². The van der Waals surface area contributed by atoms with E-state index in [2.05, 4.69) is 20.5 Å². The van der Waals surface area contributed by atoms with Crippen molar-refractivity contribution in [2.75, 3.05) is 39.8 Å². The number of carbonyl (C=O) groups excluding carboxylic acids is 2. The lowest BCUT2D eigenvalue weighted by atomic mass is 9.99. The lowest BCUT2D eigenvalue weighted by molar-refractivity contribution is -0.145. The van der Waals surface area contributed by atoms with Crippen molar-refractivity contribution in [1.82, 2.24) is 15.5 Å². The second-order valence-electron chi connectivity index (χ2n) is 7.18. The summed E-state index contributed by atoms with van der Waals surface area (Å²) in [4.78, 5) is 30.0. The molecule has 9 heteroatoms. The van der Waals surface area contributed by atoms with Crippen molar-refractivity contribution in [2.24, 2.45) is 16.8 Å². The molecule has 1 heterocycles. The summed E-state index contributed by atoms with van der Waals surface area (Å²) in [7, 11) is 1.42. The molecular weight excluding hydrogens is 451 g/mol. The largest absolute Gasteiger partial charge is 0.469 e. The maximum atomic E-state index is 11.8. The summed E-state index contributed by atoms with van der Waals surface area (Å²) in [6, 6.07) is 0. The third-order valence-corrected chi connectivity index (χ3v) is 3.79. The molecule has 0 aromatic heterocycles. The molecule has 2 unspecified atom stereocenters. The number of nitrogens with one attached hydrogen (secondary N) is 2. The Morgan fingerprint density at radius 3 is 2.42 bits per heavy atom. The van der Waals surface area contributed by atoms with E-state index in [0.29, 0.717) is 19.6 Å². The smallest absolute Gasteiger partial charge is 0.407 e. The molecule has 0 aliphatic carbocycles. The highest BCUT2D eigenvalue weighted by Gasteiger charge is 2.36. The van der Waals surface area contributed by atoms with Gasteiger partial charge in [0.1, 0.15) is 5.60 Å². The second-order valence-corrected chi connectivity index (χ2v) is 7.18. The maximum Gasteiger partial charge on any atom is 0.407 e. The van der Waals surface area contributed by atoms with Crippen molar-refractivity contribution in [3.8, 4) is 0 Å². The molecule has 1 fully saturated rings. The van der Waals surface area contributed by atoms with Crippen molar-refractivity contribution >= 4 is 42.0 Å². The third-order valence-electron chi connectivity index (χ3n) is 3.79. The van der Waals surface area contributed by atoms with Gasteiger partial charge in [-0.15, -0.1) is 24.0 Å². The predicted molar refractivity (Wildman–Crippen MR) is 112 cm³/mol. The van der Waals surface area contributed by atoms with E-state index in [-0.39, 0.29) is 41.8 Å². The number of guanidine groups is 1. The van der Waals surface area contributed by atoms with Gasteiger partial charge in [-0.1, -0.05) is 6.92 Å². The van der Waals surface area contributed by atoms with Crippen LogP contribution in [-0.4, -0.2) is 68.4 Å². The predicted octanol–water partition coefficient (Wildman–Crippen LogP) is 1.84. The molecule has 1 aliphatic rings. The Labute approximate surface area is 173 Å². The fraction of sp³-hybridized carbons (Fsp3) is 0.824. The first-order valence-corrected chi connectivity index (χ1v) is 8.75. The van der Waals surface area contributed by atoms with Gasteiger partial charge in [0.15, 0.2) is 5.96 Å². The number of ether oxygens (including phenoxy) is 2. The molecule has 0 aromatic carbocycles. The number of esters is 1. The van der Waals surface area contributed by atoms with E-state index in [4.69, 9.17) is 9.47 Å². The third kappa shape index (κ3) is 8.41. The lowest BCUT2D eigenvalue weighted by Crippen LogP contribution is -2.41. The van der Waals surface area contributed by atoms with Gasteiger partial charge in [0.05, 0.1) is 19.6 Å². The lowest BCUT2D eigenvalue weighted by Gasteiger charge is -2.22. The minimum Gasteiger partial charge on any atom is -0.469 e. The second kappa shape index (κ2) is 11.5. The average molecular weight is 484 g/mol. The highest BCUT2D eigenvalue weighted by molar-refractivity contribution is 14.0. The van der Waals surface area contributed by atoms with E-state index in [9.17, 15) is 9.59 Å². The SMILES string of the molecule is CCNC(=NCCNC(=O)OC(C)(C)C)N1CC(C)C(C(=O)OC)C1.I. The van der Waals surface area contributed by atoms with Crippen molar-refractivity contribution < 1.29 is 19.1 Å². The number of halogens is 1. The van der Waals surface area contributed by atoms with Crippen molar-refractivity contribution in [3.63, 3.8) is 0 Å². The zero-order valence-electron chi connectivity index (χ0n) is 16.6. The summed E-state index contributed by atoms with van der Waals surface area (Å²) < 4.78 is 10.1. The molecule has 1 saturated heterocycles. The van der Waals surface area contributed by atoms with Crippen molar-refractivity contribution in [1.29, 1.82) is 0 Å². The molecule has 0 aromatic rings. The minimum atomic E-state index is -0.517.